The Morgan fingerprint density at radius 3 is 3.06 bits per heavy atom. The van der Waals surface area contributed by atoms with Gasteiger partial charge in [-0.1, -0.05) is 0 Å². The first-order chi connectivity index (χ1) is 7.65. The van der Waals surface area contributed by atoms with E-state index in [0.29, 0.717) is 17.4 Å². The molecule has 1 heterocycles. The summed E-state index contributed by atoms with van der Waals surface area (Å²) >= 11 is 0. The maximum absolute atomic E-state index is 13.1. The number of hydrogen-bond acceptors (Lipinski definition) is 3. The van der Waals surface area contributed by atoms with Crippen LogP contribution in [0.1, 0.15) is 12.8 Å². The Balaban J connectivity index is 2.05. The second kappa shape index (κ2) is 4.70. The molecule has 4 heteroatoms. The molecule has 1 aliphatic heterocycles. The molecule has 1 atom stereocenters. The van der Waals surface area contributed by atoms with E-state index in [2.05, 4.69) is 17.3 Å². The molecule has 1 aliphatic rings. The second-order valence-corrected chi connectivity index (χ2v) is 4.48. The van der Waals surface area contributed by atoms with Gasteiger partial charge < -0.3 is 16.0 Å². The lowest BCUT2D eigenvalue weighted by molar-refractivity contribution is 0.261. The predicted molar refractivity (Wildman–Crippen MR) is 65.0 cm³/mol. The highest BCUT2D eigenvalue weighted by molar-refractivity contribution is 5.66. The number of piperidine rings is 1. The van der Waals surface area contributed by atoms with Gasteiger partial charge in [0.05, 0.1) is 11.4 Å². The van der Waals surface area contributed by atoms with Gasteiger partial charge in [-0.15, -0.1) is 0 Å². The number of likely N-dealkylation sites (N-methyl/N-ethyl adjacent to an activating group) is 1. The molecule has 0 aliphatic carbocycles. The average Bonchev–Trinajstić information content (AvgIpc) is 2.24. The molecule has 16 heavy (non-hydrogen) atoms. The Kier molecular flexibility index (Phi) is 3.29. The lowest BCUT2D eigenvalue weighted by Crippen LogP contribution is -2.39. The number of rotatable bonds is 2. The molecule has 1 unspecified atom stereocenters. The quantitative estimate of drug-likeness (QED) is 0.753. The van der Waals surface area contributed by atoms with E-state index in [9.17, 15) is 4.39 Å². The van der Waals surface area contributed by atoms with E-state index < -0.39 is 0 Å². The van der Waals surface area contributed by atoms with Gasteiger partial charge in [0.2, 0.25) is 0 Å². The molecule has 1 fully saturated rings. The Morgan fingerprint density at radius 2 is 2.31 bits per heavy atom. The summed E-state index contributed by atoms with van der Waals surface area (Å²) in [6, 6.07) is 4.81. The number of likely N-dealkylation sites (tertiary alicyclic amines) is 1. The van der Waals surface area contributed by atoms with Crippen LogP contribution < -0.4 is 11.1 Å². The maximum atomic E-state index is 13.1. The third-order valence-corrected chi connectivity index (χ3v) is 3.00. The van der Waals surface area contributed by atoms with Crippen LogP contribution in [0, 0.1) is 5.82 Å². The summed E-state index contributed by atoms with van der Waals surface area (Å²) in [4.78, 5) is 2.27. The molecule has 0 radical (unpaired) electrons. The lowest BCUT2D eigenvalue weighted by Gasteiger charge is -2.31. The third kappa shape index (κ3) is 2.64. The number of halogens is 1. The van der Waals surface area contributed by atoms with Crippen molar-refractivity contribution in [2.75, 3.05) is 31.2 Å². The molecule has 88 valence electrons. The summed E-state index contributed by atoms with van der Waals surface area (Å²) in [7, 11) is 2.10. The Morgan fingerprint density at radius 1 is 1.50 bits per heavy atom. The van der Waals surface area contributed by atoms with Crippen molar-refractivity contribution >= 4 is 11.4 Å². The molecule has 0 aromatic heterocycles. The molecule has 1 aromatic rings. The summed E-state index contributed by atoms with van der Waals surface area (Å²) in [6.07, 6.45) is 2.28. The van der Waals surface area contributed by atoms with Crippen molar-refractivity contribution in [2.24, 2.45) is 0 Å². The van der Waals surface area contributed by atoms with Gasteiger partial charge in [0.25, 0.3) is 0 Å². The molecule has 0 saturated carbocycles. The summed E-state index contributed by atoms with van der Waals surface area (Å²) in [6.45, 7) is 2.12. The van der Waals surface area contributed by atoms with E-state index in [1.54, 1.807) is 6.07 Å². The number of nitrogens with one attached hydrogen (secondary N) is 1. The molecule has 3 N–H and O–H groups in total. The van der Waals surface area contributed by atoms with Gasteiger partial charge in [0.15, 0.2) is 0 Å². The fraction of sp³-hybridized carbons (Fsp3) is 0.500. The Bertz CT molecular complexity index is 367. The minimum absolute atomic E-state index is 0.249. The van der Waals surface area contributed by atoms with E-state index in [1.807, 2.05) is 0 Å². The number of nitrogen functional groups attached to an aromatic ring is 1. The smallest absolute Gasteiger partial charge is 0.125 e. The van der Waals surface area contributed by atoms with Crippen LogP contribution in [0.5, 0.6) is 0 Å². The number of benzene rings is 1. The number of anilines is 2. The Hall–Kier alpha value is -1.29. The zero-order valence-electron chi connectivity index (χ0n) is 9.54. The van der Waals surface area contributed by atoms with Crippen LogP contribution in [0.2, 0.25) is 0 Å². The van der Waals surface area contributed by atoms with Gasteiger partial charge in [-0.3, -0.25) is 0 Å². The summed E-state index contributed by atoms with van der Waals surface area (Å²) in [5.74, 6) is -0.249. The fourth-order valence-corrected chi connectivity index (χ4v) is 2.16. The summed E-state index contributed by atoms with van der Waals surface area (Å²) in [5.41, 5.74) is 7.11. The number of nitrogens with two attached hydrogens (primary N) is 1. The average molecular weight is 223 g/mol. The Labute approximate surface area is 95.4 Å². The fourth-order valence-electron chi connectivity index (χ4n) is 2.16. The molecule has 3 nitrogen and oxygen atoms in total. The van der Waals surface area contributed by atoms with Gasteiger partial charge >= 0.3 is 0 Å². The van der Waals surface area contributed by atoms with Crippen LogP contribution in [-0.2, 0) is 0 Å². The monoisotopic (exact) mass is 223 g/mol. The zero-order valence-corrected chi connectivity index (χ0v) is 9.54. The van der Waals surface area contributed by atoms with Crippen LogP contribution in [0.15, 0.2) is 18.2 Å². The second-order valence-electron chi connectivity index (χ2n) is 4.48. The van der Waals surface area contributed by atoms with E-state index in [1.165, 1.54) is 18.6 Å². The first-order valence-corrected chi connectivity index (χ1v) is 5.65. The highest BCUT2D eigenvalue weighted by Crippen LogP contribution is 2.22. The van der Waals surface area contributed by atoms with Crippen LogP contribution in [0.4, 0.5) is 15.8 Å². The topological polar surface area (TPSA) is 41.3 Å². The van der Waals surface area contributed by atoms with E-state index in [-0.39, 0.29) is 5.82 Å². The number of hydrogen-bond donors (Lipinski definition) is 2. The SMILES string of the molecule is CN1CCCC(Nc2cc(F)ccc2N)C1. The molecule has 1 aromatic carbocycles. The molecule has 0 spiro atoms. The van der Waals surface area contributed by atoms with Gasteiger partial charge in [0, 0.05) is 12.6 Å². The number of nitrogens with zero attached hydrogens (tertiary/aromatic N) is 1. The standard InChI is InChI=1S/C12H18FN3/c1-16-6-2-3-10(8-16)15-12-7-9(13)4-5-11(12)14/h4-5,7,10,15H,2-3,6,8,14H2,1H3. The first-order valence-electron chi connectivity index (χ1n) is 5.65. The van der Waals surface area contributed by atoms with Gasteiger partial charge in [-0.05, 0) is 44.6 Å². The van der Waals surface area contributed by atoms with Crippen LogP contribution >= 0.6 is 0 Å². The maximum Gasteiger partial charge on any atom is 0.125 e. The van der Waals surface area contributed by atoms with Crippen molar-refractivity contribution in [3.05, 3.63) is 24.0 Å². The van der Waals surface area contributed by atoms with Gasteiger partial charge in [-0.25, -0.2) is 4.39 Å². The lowest BCUT2D eigenvalue weighted by atomic mass is 10.1. The normalized spacial score (nSPS) is 22.0. The van der Waals surface area contributed by atoms with Crippen molar-refractivity contribution in [3.8, 4) is 0 Å². The third-order valence-electron chi connectivity index (χ3n) is 3.00. The van der Waals surface area contributed by atoms with Gasteiger partial charge in [0.1, 0.15) is 5.82 Å². The van der Waals surface area contributed by atoms with Crippen molar-refractivity contribution in [2.45, 2.75) is 18.9 Å². The molecule has 0 amide bonds. The zero-order chi connectivity index (χ0) is 11.5. The minimum Gasteiger partial charge on any atom is -0.397 e. The van der Waals surface area contributed by atoms with E-state index >= 15 is 0 Å². The first kappa shape index (κ1) is 11.2. The molecule has 2 rings (SSSR count). The van der Waals surface area contributed by atoms with E-state index in [4.69, 9.17) is 5.73 Å². The molecule has 0 bridgehead atoms. The minimum atomic E-state index is -0.249. The highest BCUT2D eigenvalue weighted by Gasteiger charge is 2.17. The van der Waals surface area contributed by atoms with Crippen LogP contribution in [0.3, 0.4) is 0 Å². The molecular weight excluding hydrogens is 205 g/mol. The molecule has 1 saturated heterocycles. The highest BCUT2D eigenvalue weighted by atomic mass is 19.1. The van der Waals surface area contributed by atoms with Crippen molar-refractivity contribution < 1.29 is 4.39 Å². The van der Waals surface area contributed by atoms with E-state index in [0.717, 1.165) is 19.5 Å². The van der Waals surface area contributed by atoms with Gasteiger partial charge in [-0.2, -0.15) is 0 Å². The van der Waals surface area contributed by atoms with Crippen LogP contribution in [0.25, 0.3) is 0 Å². The molecular formula is C12H18FN3. The summed E-state index contributed by atoms with van der Waals surface area (Å²) < 4.78 is 13.1. The van der Waals surface area contributed by atoms with Crippen molar-refractivity contribution in [1.29, 1.82) is 0 Å². The summed E-state index contributed by atoms with van der Waals surface area (Å²) in [5, 5.41) is 3.31. The largest absolute Gasteiger partial charge is 0.397 e. The predicted octanol–water partition coefficient (Wildman–Crippen LogP) is 1.91. The van der Waals surface area contributed by atoms with Crippen molar-refractivity contribution in [1.82, 2.24) is 4.90 Å². The van der Waals surface area contributed by atoms with Crippen molar-refractivity contribution in [3.63, 3.8) is 0 Å². The van der Waals surface area contributed by atoms with Crippen LogP contribution in [-0.4, -0.2) is 31.1 Å².